The Morgan fingerprint density at radius 3 is 2.58 bits per heavy atom. The average molecular weight is 341 g/mol. The molecular formula is C18H19N3O2S. The van der Waals surface area contributed by atoms with Crippen molar-refractivity contribution in [2.45, 2.75) is 19.4 Å². The van der Waals surface area contributed by atoms with Gasteiger partial charge in [-0.25, -0.2) is 4.98 Å². The molecule has 2 heterocycles. The van der Waals surface area contributed by atoms with Crippen LogP contribution in [0.25, 0.3) is 0 Å². The molecule has 6 heteroatoms. The van der Waals surface area contributed by atoms with E-state index in [2.05, 4.69) is 10.3 Å². The fourth-order valence-electron chi connectivity index (χ4n) is 2.53. The van der Waals surface area contributed by atoms with Gasteiger partial charge in [-0.05, 0) is 36.8 Å². The third-order valence-electron chi connectivity index (χ3n) is 3.73. The Morgan fingerprint density at radius 2 is 2.00 bits per heavy atom. The smallest absolute Gasteiger partial charge is 0.228 e. The number of ether oxygens (including phenoxy) is 1. The minimum Gasteiger partial charge on any atom is -0.497 e. The molecule has 2 aromatic heterocycles. The van der Waals surface area contributed by atoms with Crippen LogP contribution < -0.4 is 10.1 Å². The standard InChI is InChI=1S/C18H19N3O2S/c1-13-12-24-18(19-13)20-17(22)11-16(21-9-3-4-10-21)14-5-7-15(23-2)8-6-14/h3-10,12,16H,11H2,1-2H3,(H,19,20,22)/t16-/m0/s1. The molecule has 5 nitrogen and oxygen atoms in total. The molecule has 24 heavy (non-hydrogen) atoms. The summed E-state index contributed by atoms with van der Waals surface area (Å²) in [7, 11) is 1.64. The summed E-state index contributed by atoms with van der Waals surface area (Å²) < 4.78 is 7.25. The van der Waals surface area contributed by atoms with E-state index in [0.717, 1.165) is 17.0 Å². The molecule has 1 aromatic carbocycles. The van der Waals surface area contributed by atoms with Crippen molar-refractivity contribution in [3.63, 3.8) is 0 Å². The van der Waals surface area contributed by atoms with Gasteiger partial charge in [0, 0.05) is 17.8 Å². The van der Waals surface area contributed by atoms with E-state index in [1.165, 1.54) is 11.3 Å². The van der Waals surface area contributed by atoms with Crippen LogP contribution in [0.2, 0.25) is 0 Å². The number of carbonyl (C=O) groups is 1. The molecule has 0 saturated carbocycles. The van der Waals surface area contributed by atoms with E-state index < -0.39 is 0 Å². The molecule has 0 spiro atoms. The summed E-state index contributed by atoms with van der Waals surface area (Å²) in [4.78, 5) is 16.7. The largest absolute Gasteiger partial charge is 0.497 e. The summed E-state index contributed by atoms with van der Waals surface area (Å²) in [6.07, 6.45) is 4.27. The maximum Gasteiger partial charge on any atom is 0.228 e. The monoisotopic (exact) mass is 341 g/mol. The zero-order valence-electron chi connectivity index (χ0n) is 13.6. The van der Waals surface area contributed by atoms with Crippen molar-refractivity contribution >= 4 is 22.4 Å². The quantitative estimate of drug-likeness (QED) is 0.740. The van der Waals surface area contributed by atoms with Gasteiger partial charge in [-0.3, -0.25) is 4.79 Å². The van der Waals surface area contributed by atoms with Crippen molar-refractivity contribution in [1.82, 2.24) is 9.55 Å². The van der Waals surface area contributed by atoms with Crippen LogP contribution in [-0.4, -0.2) is 22.6 Å². The maximum absolute atomic E-state index is 12.4. The number of amides is 1. The van der Waals surface area contributed by atoms with Crippen LogP contribution in [0.5, 0.6) is 5.75 Å². The van der Waals surface area contributed by atoms with Crippen molar-refractivity contribution in [1.29, 1.82) is 0 Å². The van der Waals surface area contributed by atoms with Crippen molar-refractivity contribution < 1.29 is 9.53 Å². The maximum atomic E-state index is 12.4. The van der Waals surface area contributed by atoms with Gasteiger partial charge in [0.05, 0.1) is 25.3 Å². The number of thiazole rings is 1. The molecule has 0 bridgehead atoms. The number of hydrogen-bond donors (Lipinski definition) is 1. The number of rotatable bonds is 6. The van der Waals surface area contributed by atoms with E-state index in [4.69, 9.17) is 4.74 Å². The van der Waals surface area contributed by atoms with Gasteiger partial charge in [-0.1, -0.05) is 12.1 Å². The molecule has 0 radical (unpaired) electrons. The first-order chi connectivity index (χ1) is 11.7. The Hall–Kier alpha value is -2.60. The molecule has 3 aromatic rings. The summed E-state index contributed by atoms with van der Waals surface area (Å²) in [5.74, 6) is 0.742. The van der Waals surface area contributed by atoms with Gasteiger partial charge in [-0.2, -0.15) is 0 Å². The topological polar surface area (TPSA) is 56.1 Å². The third-order valence-corrected chi connectivity index (χ3v) is 4.61. The van der Waals surface area contributed by atoms with Gasteiger partial charge >= 0.3 is 0 Å². The molecule has 0 aliphatic carbocycles. The van der Waals surface area contributed by atoms with Crippen LogP contribution in [-0.2, 0) is 4.79 Å². The average Bonchev–Trinajstić information content (AvgIpc) is 3.25. The highest BCUT2D eigenvalue weighted by Crippen LogP contribution is 2.25. The summed E-state index contributed by atoms with van der Waals surface area (Å²) in [5, 5.41) is 5.43. The van der Waals surface area contributed by atoms with Crippen molar-refractivity contribution in [3.8, 4) is 5.75 Å². The van der Waals surface area contributed by atoms with E-state index in [1.807, 2.05) is 65.7 Å². The van der Waals surface area contributed by atoms with Crippen molar-refractivity contribution in [2.75, 3.05) is 12.4 Å². The number of hydrogen-bond acceptors (Lipinski definition) is 4. The number of methoxy groups -OCH3 is 1. The van der Waals surface area contributed by atoms with Crippen LogP contribution in [0.1, 0.15) is 23.7 Å². The molecular weight excluding hydrogens is 322 g/mol. The molecule has 0 saturated heterocycles. The van der Waals surface area contributed by atoms with Crippen molar-refractivity contribution in [3.05, 3.63) is 65.4 Å². The SMILES string of the molecule is COc1ccc([C@H](CC(=O)Nc2nc(C)cs2)n2cccc2)cc1. The zero-order valence-corrected chi connectivity index (χ0v) is 14.4. The Morgan fingerprint density at radius 1 is 1.29 bits per heavy atom. The van der Waals surface area contributed by atoms with Crippen LogP contribution in [0.15, 0.2) is 54.2 Å². The summed E-state index contributed by atoms with van der Waals surface area (Å²) in [6, 6.07) is 11.6. The van der Waals surface area contributed by atoms with E-state index in [9.17, 15) is 4.79 Å². The Balaban J connectivity index is 1.78. The molecule has 1 atom stereocenters. The lowest BCUT2D eigenvalue weighted by Crippen LogP contribution is -2.19. The lowest BCUT2D eigenvalue weighted by molar-refractivity contribution is -0.116. The molecule has 124 valence electrons. The predicted molar refractivity (Wildman–Crippen MR) is 95.7 cm³/mol. The molecule has 0 aliphatic rings. The second-order valence-corrected chi connectivity index (χ2v) is 6.32. The number of nitrogens with zero attached hydrogens (tertiary/aromatic N) is 2. The van der Waals surface area contributed by atoms with Gasteiger partial charge in [0.1, 0.15) is 5.75 Å². The second-order valence-electron chi connectivity index (χ2n) is 5.47. The van der Waals surface area contributed by atoms with Crippen LogP contribution >= 0.6 is 11.3 Å². The van der Waals surface area contributed by atoms with E-state index in [-0.39, 0.29) is 11.9 Å². The van der Waals surface area contributed by atoms with Crippen molar-refractivity contribution in [2.24, 2.45) is 0 Å². The fraction of sp³-hybridized carbons (Fsp3) is 0.222. The summed E-state index contributed by atoms with van der Waals surface area (Å²) in [5.41, 5.74) is 1.96. The molecule has 1 amide bonds. The van der Waals surface area contributed by atoms with Crippen LogP contribution in [0.3, 0.4) is 0 Å². The Labute approximate surface area is 144 Å². The molecule has 3 rings (SSSR count). The number of carbonyl (C=O) groups excluding carboxylic acids is 1. The zero-order chi connectivity index (χ0) is 16.9. The predicted octanol–water partition coefficient (Wildman–Crippen LogP) is 3.88. The van der Waals surface area contributed by atoms with Gasteiger partial charge in [0.15, 0.2) is 5.13 Å². The highest BCUT2D eigenvalue weighted by Gasteiger charge is 2.18. The van der Waals surface area contributed by atoms with Gasteiger partial charge < -0.3 is 14.6 Å². The molecule has 0 fully saturated rings. The summed E-state index contributed by atoms with van der Waals surface area (Å²) >= 11 is 1.44. The summed E-state index contributed by atoms with van der Waals surface area (Å²) in [6.45, 7) is 1.91. The third kappa shape index (κ3) is 3.83. The molecule has 0 aliphatic heterocycles. The van der Waals surface area contributed by atoms with E-state index in [0.29, 0.717) is 11.6 Å². The van der Waals surface area contributed by atoms with Gasteiger partial charge in [0.25, 0.3) is 0 Å². The van der Waals surface area contributed by atoms with E-state index in [1.54, 1.807) is 7.11 Å². The minimum atomic E-state index is -0.0769. The minimum absolute atomic E-state index is 0.0566. The first kappa shape index (κ1) is 16.3. The first-order valence-electron chi connectivity index (χ1n) is 7.64. The Kier molecular flexibility index (Phi) is 4.96. The lowest BCUT2D eigenvalue weighted by atomic mass is 10.0. The highest BCUT2D eigenvalue weighted by atomic mass is 32.1. The fourth-order valence-corrected chi connectivity index (χ4v) is 3.24. The number of aryl methyl sites for hydroxylation is 1. The van der Waals surface area contributed by atoms with Crippen LogP contribution in [0.4, 0.5) is 5.13 Å². The van der Waals surface area contributed by atoms with E-state index >= 15 is 0 Å². The van der Waals surface area contributed by atoms with Gasteiger partial charge in [0.2, 0.25) is 5.91 Å². The number of aromatic nitrogens is 2. The van der Waals surface area contributed by atoms with Crippen LogP contribution in [0, 0.1) is 6.92 Å². The first-order valence-corrected chi connectivity index (χ1v) is 8.52. The highest BCUT2D eigenvalue weighted by molar-refractivity contribution is 7.13. The Bertz CT molecular complexity index is 794. The number of anilines is 1. The number of nitrogens with one attached hydrogen (secondary N) is 1. The lowest BCUT2D eigenvalue weighted by Gasteiger charge is -2.19. The molecule has 0 unspecified atom stereocenters. The molecule has 1 N–H and O–H groups in total. The number of benzene rings is 1. The normalized spacial score (nSPS) is 11.9. The second kappa shape index (κ2) is 7.31. The van der Waals surface area contributed by atoms with Gasteiger partial charge in [-0.15, -0.1) is 11.3 Å².